The van der Waals surface area contributed by atoms with Crippen molar-refractivity contribution in [3.8, 4) is 0 Å². The highest BCUT2D eigenvalue weighted by Gasteiger charge is 2.17. The normalized spacial score (nSPS) is 28.6. The second-order valence-electron chi connectivity index (χ2n) is 1.81. The maximum atomic E-state index is 10.1. The molecule has 3 heteroatoms. The molecule has 1 unspecified atom stereocenters. The molecule has 0 saturated carbocycles. The maximum absolute atomic E-state index is 10.1. The summed E-state index contributed by atoms with van der Waals surface area (Å²) >= 11 is 1.82. The predicted octanol–water partition coefficient (Wildman–Crippen LogP) is 0.538. The van der Waals surface area contributed by atoms with Crippen molar-refractivity contribution in [2.75, 3.05) is 12.3 Å². The summed E-state index contributed by atoms with van der Waals surface area (Å²) in [4.78, 5) is 11.9. The van der Waals surface area contributed by atoms with Crippen LogP contribution in [-0.2, 0) is 4.79 Å². The molecular formula is C5H9NOS. The molecule has 0 radical (unpaired) electrons. The fourth-order valence-electron chi connectivity index (χ4n) is 0.745. The molecule has 0 aromatic heterocycles. The summed E-state index contributed by atoms with van der Waals surface area (Å²) in [7, 11) is 0. The summed E-state index contributed by atoms with van der Waals surface area (Å²) in [5.41, 5.74) is 0. The van der Waals surface area contributed by atoms with E-state index in [-0.39, 0.29) is 0 Å². The highest BCUT2D eigenvalue weighted by molar-refractivity contribution is 8.00. The first-order valence-electron chi connectivity index (χ1n) is 2.67. The van der Waals surface area contributed by atoms with Gasteiger partial charge in [0.1, 0.15) is 0 Å². The first kappa shape index (κ1) is 5.95. The fourth-order valence-corrected chi connectivity index (χ4v) is 1.75. The SMILES string of the molecule is CC1SCCN1C=O. The van der Waals surface area contributed by atoms with Crippen LogP contribution in [0.15, 0.2) is 0 Å². The van der Waals surface area contributed by atoms with E-state index in [4.69, 9.17) is 0 Å². The molecule has 0 aliphatic carbocycles. The van der Waals surface area contributed by atoms with Crippen LogP contribution in [0.25, 0.3) is 0 Å². The van der Waals surface area contributed by atoms with Crippen molar-refractivity contribution in [1.29, 1.82) is 0 Å². The van der Waals surface area contributed by atoms with Crippen LogP contribution in [0.2, 0.25) is 0 Å². The highest BCUT2D eigenvalue weighted by Crippen LogP contribution is 2.20. The monoisotopic (exact) mass is 131 g/mol. The molecule has 0 N–H and O–H groups in total. The van der Waals surface area contributed by atoms with Crippen LogP contribution in [-0.4, -0.2) is 29.0 Å². The minimum atomic E-state index is 0.410. The lowest BCUT2D eigenvalue weighted by Gasteiger charge is -2.12. The van der Waals surface area contributed by atoms with E-state index in [1.54, 1.807) is 0 Å². The first-order chi connectivity index (χ1) is 3.84. The zero-order valence-corrected chi connectivity index (χ0v) is 5.65. The Hall–Kier alpha value is -0.180. The van der Waals surface area contributed by atoms with Gasteiger partial charge in [0, 0.05) is 12.3 Å². The number of hydrogen-bond acceptors (Lipinski definition) is 2. The lowest BCUT2D eigenvalue weighted by atomic mass is 10.6. The molecule has 2 nitrogen and oxygen atoms in total. The van der Waals surface area contributed by atoms with Gasteiger partial charge in [-0.15, -0.1) is 11.8 Å². The molecule has 1 heterocycles. The Morgan fingerprint density at radius 3 is 2.88 bits per heavy atom. The van der Waals surface area contributed by atoms with E-state index >= 15 is 0 Å². The zero-order chi connectivity index (χ0) is 5.98. The van der Waals surface area contributed by atoms with E-state index < -0.39 is 0 Å². The van der Waals surface area contributed by atoms with Crippen molar-refractivity contribution in [3.05, 3.63) is 0 Å². The van der Waals surface area contributed by atoms with Crippen LogP contribution in [0.4, 0.5) is 0 Å². The van der Waals surface area contributed by atoms with Crippen molar-refractivity contribution in [2.24, 2.45) is 0 Å². The molecule has 1 rings (SSSR count). The first-order valence-corrected chi connectivity index (χ1v) is 3.72. The van der Waals surface area contributed by atoms with Crippen molar-refractivity contribution in [3.63, 3.8) is 0 Å². The molecule has 1 saturated heterocycles. The molecule has 0 aromatic rings. The Kier molecular flexibility index (Phi) is 1.78. The Bertz CT molecular complexity index is 96.4. The minimum absolute atomic E-state index is 0.410. The summed E-state index contributed by atoms with van der Waals surface area (Å²) in [6.07, 6.45) is 0.921. The van der Waals surface area contributed by atoms with E-state index in [1.807, 2.05) is 23.6 Å². The lowest BCUT2D eigenvalue weighted by Crippen LogP contribution is -2.23. The van der Waals surface area contributed by atoms with Gasteiger partial charge in [0.15, 0.2) is 0 Å². The number of carbonyl (C=O) groups is 1. The molecule has 1 amide bonds. The lowest BCUT2D eigenvalue weighted by molar-refractivity contribution is -0.117. The molecule has 1 atom stereocenters. The van der Waals surface area contributed by atoms with Crippen LogP contribution in [0.1, 0.15) is 6.92 Å². The number of hydrogen-bond donors (Lipinski definition) is 0. The minimum Gasteiger partial charge on any atom is -0.333 e. The standard InChI is InChI=1S/C5H9NOS/c1-5-6(4-7)2-3-8-5/h4-5H,2-3H2,1H3. The van der Waals surface area contributed by atoms with E-state index in [9.17, 15) is 4.79 Å². The van der Waals surface area contributed by atoms with E-state index in [0.717, 1.165) is 18.7 Å². The second kappa shape index (κ2) is 2.40. The van der Waals surface area contributed by atoms with Gasteiger partial charge in [-0.1, -0.05) is 0 Å². The molecule has 46 valence electrons. The number of amides is 1. The maximum Gasteiger partial charge on any atom is 0.210 e. The molecule has 1 aliphatic rings. The van der Waals surface area contributed by atoms with Gasteiger partial charge in [-0.25, -0.2) is 0 Å². The van der Waals surface area contributed by atoms with Crippen LogP contribution in [0.5, 0.6) is 0 Å². The van der Waals surface area contributed by atoms with E-state index in [1.165, 1.54) is 0 Å². The average Bonchev–Trinajstić information content (AvgIpc) is 2.14. The summed E-state index contributed by atoms with van der Waals surface area (Å²) in [5.74, 6) is 1.10. The smallest absolute Gasteiger partial charge is 0.210 e. The van der Waals surface area contributed by atoms with Gasteiger partial charge in [0.25, 0.3) is 0 Å². The molecular weight excluding hydrogens is 122 g/mol. The third-order valence-corrected chi connectivity index (χ3v) is 2.48. The van der Waals surface area contributed by atoms with Crippen LogP contribution in [0.3, 0.4) is 0 Å². The van der Waals surface area contributed by atoms with Gasteiger partial charge in [-0.05, 0) is 6.92 Å². The Morgan fingerprint density at radius 2 is 2.62 bits per heavy atom. The fraction of sp³-hybridized carbons (Fsp3) is 0.800. The largest absolute Gasteiger partial charge is 0.333 e. The predicted molar refractivity (Wildman–Crippen MR) is 34.7 cm³/mol. The third-order valence-electron chi connectivity index (χ3n) is 1.31. The van der Waals surface area contributed by atoms with Crippen molar-refractivity contribution >= 4 is 18.2 Å². The van der Waals surface area contributed by atoms with Gasteiger partial charge in [0.2, 0.25) is 6.41 Å². The highest BCUT2D eigenvalue weighted by atomic mass is 32.2. The molecule has 0 spiro atoms. The van der Waals surface area contributed by atoms with Gasteiger partial charge >= 0.3 is 0 Å². The molecule has 1 aliphatic heterocycles. The third kappa shape index (κ3) is 0.968. The molecule has 0 aromatic carbocycles. The molecule has 0 bridgehead atoms. The topological polar surface area (TPSA) is 20.3 Å². The van der Waals surface area contributed by atoms with Crippen LogP contribution < -0.4 is 0 Å². The van der Waals surface area contributed by atoms with Crippen LogP contribution in [0, 0.1) is 0 Å². The number of rotatable bonds is 1. The average molecular weight is 131 g/mol. The Labute approximate surface area is 53.2 Å². The van der Waals surface area contributed by atoms with Gasteiger partial charge in [0.05, 0.1) is 5.37 Å². The summed E-state index contributed by atoms with van der Waals surface area (Å²) < 4.78 is 0. The number of nitrogens with zero attached hydrogens (tertiary/aromatic N) is 1. The Morgan fingerprint density at radius 1 is 1.88 bits per heavy atom. The number of carbonyl (C=O) groups excluding carboxylic acids is 1. The quantitative estimate of drug-likeness (QED) is 0.484. The van der Waals surface area contributed by atoms with Crippen LogP contribution >= 0.6 is 11.8 Å². The van der Waals surface area contributed by atoms with E-state index in [2.05, 4.69) is 0 Å². The van der Waals surface area contributed by atoms with Crippen molar-refractivity contribution in [2.45, 2.75) is 12.3 Å². The summed E-state index contributed by atoms with van der Waals surface area (Å²) in [5, 5.41) is 0.410. The van der Waals surface area contributed by atoms with E-state index in [0.29, 0.717) is 5.37 Å². The van der Waals surface area contributed by atoms with Crippen molar-refractivity contribution < 1.29 is 4.79 Å². The summed E-state index contributed by atoms with van der Waals surface area (Å²) in [6.45, 7) is 2.97. The van der Waals surface area contributed by atoms with Gasteiger partial charge in [-0.3, -0.25) is 4.79 Å². The second-order valence-corrected chi connectivity index (χ2v) is 3.24. The number of thioether (sulfide) groups is 1. The zero-order valence-electron chi connectivity index (χ0n) is 4.83. The molecule has 8 heavy (non-hydrogen) atoms. The van der Waals surface area contributed by atoms with Gasteiger partial charge in [-0.2, -0.15) is 0 Å². The Balaban J connectivity index is 2.41. The summed E-state index contributed by atoms with van der Waals surface area (Å²) in [6, 6.07) is 0. The van der Waals surface area contributed by atoms with Gasteiger partial charge < -0.3 is 4.90 Å². The van der Waals surface area contributed by atoms with Crippen molar-refractivity contribution in [1.82, 2.24) is 4.90 Å². The molecule has 1 fully saturated rings.